The molecule has 1 aromatic carbocycles. The van der Waals surface area contributed by atoms with Gasteiger partial charge in [0.25, 0.3) is 0 Å². The number of aryl methyl sites for hydroxylation is 1. The summed E-state index contributed by atoms with van der Waals surface area (Å²) in [5.41, 5.74) is 8.46. The Hall–Kier alpha value is -1.53. The van der Waals surface area contributed by atoms with Crippen molar-refractivity contribution in [3.8, 4) is 0 Å². The highest BCUT2D eigenvalue weighted by Crippen LogP contribution is 2.23. The van der Waals surface area contributed by atoms with Gasteiger partial charge in [0.2, 0.25) is 0 Å². The molecule has 0 saturated heterocycles. The number of rotatable bonds is 6. The van der Waals surface area contributed by atoms with Gasteiger partial charge in [0.15, 0.2) is 5.16 Å². The molecule has 2 rings (SSSR count). The van der Waals surface area contributed by atoms with Crippen molar-refractivity contribution in [2.24, 2.45) is 5.73 Å². The molecule has 0 spiro atoms. The molecule has 0 bridgehead atoms. The van der Waals surface area contributed by atoms with E-state index in [1.807, 2.05) is 13.8 Å². The number of aromatic amines is 1. The second-order valence-corrected chi connectivity index (χ2v) is 6.27. The molecule has 21 heavy (non-hydrogen) atoms. The number of nitrogens with zero attached hydrogens (tertiary/aromatic N) is 2. The molecule has 0 aliphatic rings. The molecule has 0 fully saturated rings. The number of nitrogens with two attached hydrogens (primary N) is 1. The maximum absolute atomic E-state index is 11.7. The summed E-state index contributed by atoms with van der Waals surface area (Å²) in [6.07, 6.45) is 1.03. The molecule has 0 radical (unpaired) electrons. The quantitative estimate of drug-likeness (QED) is 0.804. The summed E-state index contributed by atoms with van der Waals surface area (Å²) in [4.78, 5) is 11.7. The number of benzene rings is 1. The van der Waals surface area contributed by atoms with E-state index in [1.54, 1.807) is 4.57 Å². The maximum Gasteiger partial charge on any atom is 0.344 e. The van der Waals surface area contributed by atoms with E-state index in [0.717, 1.165) is 12.0 Å². The molecule has 1 atom stereocenters. The van der Waals surface area contributed by atoms with Crippen LogP contribution in [-0.4, -0.2) is 20.5 Å². The molecule has 1 aromatic heterocycles. The lowest BCUT2D eigenvalue weighted by atomic mass is 10.1. The normalized spacial score (nSPS) is 12.8. The molecule has 114 valence electrons. The third-order valence-electron chi connectivity index (χ3n) is 3.40. The zero-order valence-corrected chi connectivity index (χ0v) is 13.5. The second kappa shape index (κ2) is 6.95. The van der Waals surface area contributed by atoms with Gasteiger partial charge in [0.05, 0.1) is 0 Å². The summed E-state index contributed by atoms with van der Waals surface area (Å²) in [7, 11) is 0. The molecule has 3 N–H and O–H groups in total. The Balaban J connectivity index is 2.03. The van der Waals surface area contributed by atoms with Gasteiger partial charge in [-0.2, -0.15) is 0 Å². The van der Waals surface area contributed by atoms with E-state index in [-0.39, 0.29) is 17.8 Å². The van der Waals surface area contributed by atoms with Gasteiger partial charge in [-0.05, 0) is 31.4 Å². The number of hydrogen-bond acceptors (Lipinski definition) is 4. The summed E-state index contributed by atoms with van der Waals surface area (Å²) in [6, 6.07) is 8.37. The Bertz CT molecular complexity index is 630. The van der Waals surface area contributed by atoms with E-state index in [0.29, 0.717) is 10.9 Å². The van der Waals surface area contributed by atoms with Crippen LogP contribution in [0.1, 0.15) is 44.0 Å². The van der Waals surface area contributed by atoms with E-state index >= 15 is 0 Å². The molecule has 0 saturated carbocycles. The third kappa shape index (κ3) is 3.77. The third-order valence-corrected chi connectivity index (χ3v) is 4.47. The summed E-state index contributed by atoms with van der Waals surface area (Å²) in [5, 5.41) is 7.25. The highest BCUT2D eigenvalue weighted by Gasteiger charge is 2.14. The lowest BCUT2D eigenvalue weighted by Crippen LogP contribution is -2.20. The molecular weight excluding hydrogens is 284 g/mol. The number of H-pyrrole nitrogens is 1. The van der Waals surface area contributed by atoms with Gasteiger partial charge in [0.1, 0.15) is 0 Å². The first-order valence-electron chi connectivity index (χ1n) is 7.17. The van der Waals surface area contributed by atoms with Crippen LogP contribution < -0.4 is 11.4 Å². The zero-order chi connectivity index (χ0) is 15.4. The fourth-order valence-corrected chi connectivity index (χ4v) is 3.17. The van der Waals surface area contributed by atoms with Crippen molar-refractivity contribution >= 4 is 11.8 Å². The maximum atomic E-state index is 11.7. The van der Waals surface area contributed by atoms with Crippen molar-refractivity contribution in [2.75, 3.05) is 5.75 Å². The van der Waals surface area contributed by atoms with Crippen LogP contribution in [-0.2, 0) is 6.42 Å². The van der Waals surface area contributed by atoms with Crippen LogP contribution >= 0.6 is 11.8 Å². The van der Waals surface area contributed by atoms with E-state index in [2.05, 4.69) is 41.4 Å². The monoisotopic (exact) mass is 306 g/mol. The van der Waals surface area contributed by atoms with Crippen molar-refractivity contribution in [1.82, 2.24) is 14.8 Å². The fraction of sp³-hybridized carbons (Fsp3) is 0.467. The smallest absolute Gasteiger partial charge is 0.323 e. The van der Waals surface area contributed by atoms with Crippen LogP contribution in [0.2, 0.25) is 0 Å². The minimum absolute atomic E-state index is 0.0756. The molecule has 6 heteroatoms. The van der Waals surface area contributed by atoms with Gasteiger partial charge in [-0.25, -0.2) is 9.89 Å². The molecule has 0 aliphatic carbocycles. The van der Waals surface area contributed by atoms with Crippen LogP contribution in [0.3, 0.4) is 0 Å². The SMILES string of the molecule is CCc1ccc(C(N)CSc2n[nH]c(=O)n2C(C)C)cc1. The number of nitrogens with one attached hydrogen (secondary N) is 1. The number of aromatic nitrogens is 3. The fourth-order valence-electron chi connectivity index (χ4n) is 2.11. The minimum Gasteiger partial charge on any atom is -0.323 e. The molecule has 0 amide bonds. The van der Waals surface area contributed by atoms with Gasteiger partial charge < -0.3 is 5.73 Å². The first-order valence-corrected chi connectivity index (χ1v) is 8.15. The first-order chi connectivity index (χ1) is 10.0. The Morgan fingerprint density at radius 2 is 2.00 bits per heavy atom. The number of hydrogen-bond donors (Lipinski definition) is 2. The summed E-state index contributed by atoms with van der Waals surface area (Å²) >= 11 is 1.50. The van der Waals surface area contributed by atoms with Crippen molar-refractivity contribution < 1.29 is 0 Å². The first kappa shape index (κ1) is 15.9. The Kier molecular flexibility index (Phi) is 5.25. The molecule has 0 aliphatic heterocycles. The minimum atomic E-state index is -0.173. The van der Waals surface area contributed by atoms with Crippen molar-refractivity contribution in [2.45, 2.75) is 44.4 Å². The molecule has 2 aromatic rings. The highest BCUT2D eigenvalue weighted by molar-refractivity contribution is 7.99. The van der Waals surface area contributed by atoms with Crippen LogP contribution in [0.4, 0.5) is 0 Å². The number of thioether (sulfide) groups is 1. The summed E-state index contributed by atoms with van der Waals surface area (Å²) in [6.45, 7) is 6.06. The van der Waals surface area contributed by atoms with Crippen LogP contribution in [0.15, 0.2) is 34.2 Å². The average molecular weight is 306 g/mol. The Morgan fingerprint density at radius 1 is 1.33 bits per heavy atom. The van der Waals surface area contributed by atoms with Crippen molar-refractivity contribution in [3.05, 3.63) is 45.9 Å². The van der Waals surface area contributed by atoms with Crippen molar-refractivity contribution in [3.63, 3.8) is 0 Å². The van der Waals surface area contributed by atoms with E-state index in [9.17, 15) is 4.79 Å². The van der Waals surface area contributed by atoms with Crippen LogP contribution in [0.25, 0.3) is 0 Å². The molecular formula is C15H22N4OS. The van der Waals surface area contributed by atoms with Gasteiger partial charge in [-0.3, -0.25) is 4.57 Å². The highest BCUT2D eigenvalue weighted by atomic mass is 32.2. The standard InChI is InChI=1S/C15H22N4OS/c1-4-11-5-7-12(8-6-11)13(16)9-21-15-18-17-14(20)19(15)10(2)3/h5-8,10,13H,4,9,16H2,1-3H3,(H,17,20). The summed E-state index contributed by atoms with van der Waals surface area (Å²) < 4.78 is 1.65. The van der Waals surface area contributed by atoms with Gasteiger partial charge in [-0.15, -0.1) is 5.10 Å². The van der Waals surface area contributed by atoms with E-state index < -0.39 is 0 Å². The lowest BCUT2D eigenvalue weighted by Gasteiger charge is -2.13. The van der Waals surface area contributed by atoms with E-state index in [1.165, 1.54) is 17.3 Å². The van der Waals surface area contributed by atoms with Gasteiger partial charge >= 0.3 is 5.69 Å². The zero-order valence-electron chi connectivity index (χ0n) is 12.7. The Morgan fingerprint density at radius 3 is 2.57 bits per heavy atom. The van der Waals surface area contributed by atoms with Crippen LogP contribution in [0, 0.1) is 0 Å². The molecule has 1 unspecified atom stereocenters. The van der Waals surface area contributed by atoms with Crippen molar-refractivity contribution in [1.29, 1.82) is 0 Å². The predicted molar refractivity (Wildman–Crippen MR) is 86.7 cm³/mol. The molecule has 5 nitrogen and oxygen atoms in total. The van der Waals surface area contributed by atoms with Crippen LogP contribution in [0.5, 0.6) is 0 Å². The largest absolute Gasteiger partial charge is 0.344 e. The van der Waals surface area contributed by atoms with Gasteiger partial charge in [-0.1, -0.05) is 43.0 Å². The second-order valence-electron chi connectivity index (χ2n) is 5.29. The Labute approximate surface area is 128 Å². The predicted octanol–water partition coefficient (Wildman–Crippen LogP) is 2.51. The topological polar surface area (TPSA) is 76.7 Å². The van der Waals surface area contributed by atoms with E-state index in [4.69, 9.17) is 5.73 Å². The van der Waals surface area contributed by atoms with Gasteiger partial charge in [0, 0.05) is 17.8 Å². The molecule has 1 heterocycles. The summed E-state index contributed by atoms with van der Waals surface area (Å²) in [5.74, 6) is 0.683. The lowest BCUT2D eigenvalue weighted by molar-refractivity contribution is 0.533. The average Bonchev–Trinajstić information content (AvgIpc) is 2.86.